The summed E-state index contributed by atoms with van der Waals surface area (Å²) in [6.07, 6.45) is 9.11. The highest BCUT2D eigenvalue weighted by Gasteiger charge is 2.66. The van der Waals surface area contributed by atoms with Crippen molar-refractivity contribution in [2.45, 2.75) is 56.9 Å². The molecule has 5 atom stereocenters. The van der Waals surface area contributed by atoms with Crippen LogP contribution in [-0.2, 0) is 9.53 Å². The smallest absolute Gasteiger partial charge is 0.309 e. The second kappa shape index (κ2) is 9.42. The summed E-state index contributed by atoms with van der Waals surface area (Å²) in [5, 5.41) is 3.87. The van der Waals surface area contributed by atoms with Crippen LogP contribution in [0, 0.1) is 17.3 Å². The first-order valence-electron chi connectivity index (χ1n) is 13.6. The number of anilines is 1. The van der Waals surface area contributed by atoms with Gasteiger partial charge in [0, 0.05) is 24.3 Å². The zero-order valence-electron chi connectivity index (χ0n) is 21.0. The molecule has 5 heteroatoms. The lowest BCUT2D eigenvalue weighted by Gasteiger charge is -2.44. The first kappa shape index (κ1) is 23.3. The zero-order chi connectivity index (χ0) is 24.7. The van der Waals surface area contributed by atoms with Gasteiger partial charge in [0.05, 0.1) is 12.0 Å². The number of likely N-dealkylation sites (tertiary alicyclic amines) is 1. The van der Waals surface area contributed by atoms with Crippen LogP contribution in [-0.4, -0.2) is 36.5 Å². The zero-order valence-corrected chi connectivity index (χ0v) is 21.0. The van der Waals surface area contributed by atoms with E-state index in [0.29, 0.717) is 5.92 Å². The monoisotopic (exact) mass is 484 g/mol. The lowest BCUT2D eigenvalue weighted by atomic mass is 9.66. The van der Waals surface area contributed by atoms with Crippen molar-refractivity contribution >= 4 is 17.6 Å². The molecule has 0 radical (unpaired) electrons. The fourth-order valence-electron chi connectivity index (χ4n) is 7.44. The Morgan fingerprint density at radius 2 is 1.89 bits per heavy atom. The van der Waals surface area contributed by atoms with Crippen LogP contribution in [0.2, 0.25) is 0 Å². The average molecular weight is 485 g/mol. The van der Waals surface area contributed by atoms with Gasteiger partial charge in [-0.25, -0.2) is 0 Å². The third kappa shape index (κ3) is 3.93. The lowest BCUT2D eigenvalue weighted by Crippen LogP contribution is -2.37. The van der Waals surface area contributed by atoms with Crippen molar-refractivity contribution in [2.24, 2.45) is 17.3 Å². The number of rotatable bonds is 5. The van der Waals surface area contributed by atoms with Crippen LogP contribution in [0.25, 0.3) is 0 Å². The Hall–Kier alpha value is -3.08. The highest BCUT2D eigenvalue weighted by molar-refractivity contribution is 5.95. The molecule has 2 saturated carbocycles. The second-order valence-corrected chi connectivity index (χ2v) is 11.1. The highest BCUT2D eigenvalue weighted by atomic mass is 16.5. The fraction of sp³-hybridized carbons (Fsp3) is 0.484. The van der Waals surface area contributed by atoms with Crippen LogP contribution in [0.3, 0.4) is 0 Å². The first-order chi connectivity index (χ1) is 17.6. The number of hydrogen-bond acceptors (Lipinski definition) is 4. The molecule has 6 rings (SSSR count). The molecule has 3 fully saturated rings. The summed E-state index contributed by atoms with van der Waals surface area (Å²) in [5.41, 5.74) is 4.30. The standard InChI is InChI=1S/C31H36N2O3/c1-2-18-36-30(35)25-20-31(25)15-7-6-12-23-27(31)24-19-22(29(34)33-16-8-9-17-33)13-14-26(24)32-28(23)21-10-4-3-5-11-21/h2-5,10-11,13-14,19,23,25,27-28,32H,1,6-9,12,15-18,20H2/t23-,25?,27?,28?,31+/m1/s1. The summed E-state index contributed by atoms with van der Waals surface area (Å²) in [4.78, 5) is 28.4. The molecule has 1 saturated heterocycles. The maximum atomic E-state index is 13.3. The second-order valence-electron chi connectivity index (χ2n) is 11.1. The van der Waals surface area contributed by atoms with E-state index in [4.69, 9.17) is 4.74 Å². The van der Waals surface area contributed by atoms with Crippen molar-refractivity contribution in [1.82, 2.24) is 4.90 Å². The molecule has 4 aliphatic rings. The van der Waals surface area contributed by atoms with E-state index >= 15 is 0 Å². The summed E-state index contributed by atoms with van der Waals surface area (Å²) in [5.74, 6) is 0.544. The molecule has 2 aromatic rings. The molecule has 2 heterocycles. The van der Waals surface area contributed by atoms with E-state index in [2.05, 4.69) is 54.4 Å². The Labute approximate surface area is 213 Å². The number of esters is 1. The Bertz CT molecular complexity index is 1160. The molecule has 2 aliphatic heterocycles. The number of benzene rings is 2. The molecular weight excluding hydrogens is 448 g/mol. The van der Waals surface area contributed by atoms with E-state index < -0.39 is 0 Å². The van der Waals surface area contributed by atoms with E-state index in [1.165, 1.54) is 11.1 Å². The molecule has 2 aliphatic carbocycles. The van der Waals surface area contributed by atoms with Crippen LogP contribution < -0.4 is 5.32 Å². The van der Waals surface area contributed by atoms with E-state index in [1.54, 1.807) is 6.08 Å². The SMILES string of the molecule is C=CCOC(=O)C1C[C@@]12CCCC[C@H]1C(c3ccccc3)Nc3ccc(C(=O)N4CCCC4)cc3C12. The third-order valence-electron chi connectivity index (χ3n) is 9.15. The minimum Gasteiger partial charge on any atom is -0.461 e. The van der Waals surface area contributed by atoms with Gasteiger partial charge in [-0.05, 0) is 78.7 Å². The molecule has 5 nitrogen and oxygen atoms in total. The van der Waals surface area contributed by atoms with Crippen LogP contribution in [0.5, 0.6) is 0 Å². The van der Waals surface area contributed by atoms with Crippen LogP contribution >= 0.6 is 0 Å². The highest BCUT2D eigenvalue weighted by Crippen LogP contribution is 2.71. The van der Waals surface area contributed by atoms with Gasteiger partial charge < -0.3 is 15.0 Å². The predicted octanol–water partition coefficient (Wildman–Crippen LogP) is 6.10. The van der Waals surface area contributed by atoms with Crippen molar-refractivity contribution in [2.75, 3.05) is 25.0 Å². The fourth-order valence-corrected chi connectivity index (χ4v) is 7.44. The van der Waals surface area contributed by atoms with Crippen LogP contribution in [0.4, 0.5) is 5.69 Å². The molecule has 0 bridgehead atoms. The summed E-state index contributed by atoms with van der Waals surface area (Å²) >= 11 is 0. The van der Waals surface area contributed by atoms with E-state index in [9.17, 15) is 9.59 Å². The maximum absolute atomic E-state index is 13.3. The number of hydrogen-bond donors (Lipinski definition) is 1. The van der Waals surface area contributed by atoms with Crippen molar-refractivity contribution < 1.29 is 14.3 Å². The topological polar surface area (TPSA) is 58.6 Å². The number of ether oxygens (including phenoxy) is 1. The molecule has 188 valence electrons. The molecule has 1 spiro atoms. The predicted molar refractivity (Wildman–Crippen MR) is 141 cm³/mol. The molecule has 3 unspecified atom stereocenters. The largest absolute Gasteiger partial charge is 0.461 e. The van der Waals surface area contributed by atoms with Gasteiger partial charge in [0.1, 0.15) is 6.61 Å². The van der Waals surface area contributed by atoms with Gasteiger partial charge >= 0.3 is 5.97 Å². The molecule has 0 aromatic heterocycles. The van der Waals surface area contributed by atoms with Crippen molar-refractivity contribution in [1.29, 1.82) is 0 Å². The molecule has 36 heavy (non-hydrogen) atoms. The van der Waals surface area contributed by atoms with Gasteiger partial charge in [0.2, 0.25) is 0 Å². The number of amides is 1. The number of carbonyl (C=O) groups is 2. The minimum absolute atomic E-state index is 0.0802. The Balaban J connectivity index is 1.43. The number of nitrogens with zero attached hydrogens (tertiary/aromatic N) is 1. The molecule has 1 amide bonds. The van der Waals surface area contributed by atoms with Crippen molar-refractivity contribution in [3.63, 3.8) is 0 Å². The van der Waals surface area contributed by atoms with E-state index in [0.717, 1.165) is 69.3 Å². The van der Waals surface area contributed by atoms with Gasteiger partial charge in [-0.1, -0.05) is 55.8 Å². The first-order valence-corrected chi connectivity index (χ1v) is 13.6. The molecule has 1 N–H and O–H groups in total. The molecule has 2 aromatic carbocycles. The summed E-state index contributed by atoms with van der Waals surface area (Å²) in [6, 6.07) is 17.1. The number of fused-ring (bicyclic) bond motifs is 4. The normalized spacial score (nSPS) is 30.5. The van der Waals surface area contributed by atoms with E-state index in [-0.39, 0.29) is 41.8 Å². The number of carbonyl (C=O) groups excluding carboxylic acids is 2. The van der Waals surface area contributed by atoms with Gasteiger partial charge in [-0.2, -0.15) is 0 Å². The Morgan fingerprint density at radius 1 is 1.08 bits per heavy atom. The minimum atomic E-state index is -0.0986. The van der Waals surface area contributed by atoms with Gasteiger partial charge in [-0.3, -0.25) is 9.59 Å². The summed E-state index contributed by atoms with van der Waals surface area (Å²) < 4.78 is 5.56. The quantitative estimate of drug-likeness (QED) is 0.412. The van der Waals surface area contributed by atoms with Crippen molar-refractivity contribution in [3.8, 4) is 0 Å². The van der Waals surface area contributed by atoms with Gasteiger partial charge in [0.25, 0.3) is 5.91 Å². The van der Waals surface area contributed by atoms with Crippen molar-refractivity contribution in [3.05, 3.63) is 77.9 Å². The number of nitrogens with one attached hydrogen (secondary N) is 1. The Kier molecular flexibility index (Phi) is 6.10. The maximum Gasteiger partial charge on any atom is 0.309 e. The summed E-state index contributed by atoms with van der Waals surface area (Å²) in [6.45, 7) is 5.66. The molecular formula is C31H36N2O3. The van der Waals surface area contributed by atoms with Gasteiger partial charge in [0.15, 0.2) is 0 Å². The van der Waals surface area contributed by atoms with Gasteiger partial charge in [-0.15, -0.1) is 0 Å². The summed E-state index contributed by atoms with van der Waals surface area (Å²) in [7, 11) is 0. The lowest BCUT2D eigenvalue weighted by molar-refractivity contribution is -0.145. The average Bonchev–Trinajstić information content (AvgIpc) is 3.45. The van der Waals surface area contributed by atoms with Crippen LogP contribution in [0.1, 0.15) is 78.4 Å². The van der Waals surface area contributed by atoms with Crippen LogP contribution in [0.15, 0.2) is 61.2 Å². The Morgan fingerprint density at radius 3 is 2.67 bits per heavy atom. The third-order valence-corrected chi connectivity index (χ3v) is 9.15. The van der Waals surface area contributed by atoms with E-state index in [1.807, 2.05) is 11.0 Å².